The summed E-state index contributed by atoms with van der Waals surface area (Å²) in [6.45, 7) is 4.46. The van der Waals surface area contributed by atoms with Gasteiger partial charge in [0.25, 0.3) is 11.6 Å². The molecule has 1 aromatic rings. The van der Waals surface area contributed by atoms with E-state index in [1.165, 1.54) is 18.2 Å². The van der Waals surface area contributed by atoms with Gasteiger partial charge in [0, 0.05) is 50.4 Å². The van der Waals surface area contributed by atoms with Gasteiger partial charge in [0.05, 0.1) is 30.6 Å². The summed E-state index contributed by atoms with van der Waals surface area (Å²) in [5, 5.41) is 19.7. The van der Waals surface area contributed by atoms with E-state index in [4.69, 9.17) is 10.00 Å². The summed E-state index contributed by atoms with van der Waals surface area (Å²) in [7, 11) is 0. The average Bonchev–Trinajstić information content (AvgIpc) is 2.62. The largest absolute Gasteiger partial charge is 0.379 e. The van der Waals surface area contributed by atoms with E-state index in [9.17, 15) is 14.9 Å². The van der Waals surface area contributed by atoms with Gasteiger partial charge in [0.1, 0.15) is 0 Å². The van der Waals surface area contributed by atoms with E-state index >= 15 is 0 Å². The highest BCUT2D eigenvalue weighted by Crippen LogP contribution is 2.15. The molecule has 1 aliphatic heterocycles. The molecule has 0 saturated carbocycles. The van der Waals surface area contributed by atoms with Crippen molar-refractivity contribution in [3.05, 3.63) is 39.9 Å². The zero-order valence-electron chi connectivity index (χ0n) is 13.4. The van der Waals surface area contributed by atoms with Crippen molar-refractivity contribution in [2.45, 2.75) is 6.42 Å². The zero-order chi connectivity index (χ0) is 17.4. The number of carbonyl (C=O) groups excluding carboxylic acids is 1. The number of benzene rings is 1. The smallest absolute Gasteiger partial charge is 0.270 e. The van der Waals surface area contributed by atoms with Crippen LogP contribution in [0.2, 0.25) is 0 Å². The predicted octanol–water partition coefficient (Wildman–Crippen LogP) is 1.28. The predicted molar refractivity (Wildman–Crippen MR) is 86.5 cm³/mol. The van der Waals surface area contributed by atoms with E-state index < -0.39 is 4.92 Å². The molecule has 0 atom stereocenters. The van der Waals surface area contributed by atoms with Crippen molar-refractivity contribution < 1.29 is 14.5 Å². The molecule has 1 saturated heterocycles. The van der Waals surface area contributed by atoms with Crippen LogP contribution in [0.1, 0.15) is 16.8 Å². The normalized spacial score (nSPS) is 14.8. The summed E-state index contributed by atoms with van der Waals surface area (Å²) in [6.07, 6.45) is 0.226. The van der Waals surface area contributed by atoms with Crippen molar-refractivity contribution in [3.8, 4) is 6.07 Å². The van der Waals surface area contributed by atoms with Gasteiger partial charge in [-0.3, -0.25) is 19.8 Å². The van der Waals surface area contributed by atoms with Crippen molar-refractivity contribution in [1.29, 1.82) is 5.26 Å². The Morgan fingerprint density at radius 3 is 2.79 bits per heavy atom. The van der Waals surface area contributed by atoms with E-state index in [1.54, 1.807) is 11.0 Å². The van der Waals surface area contributed by atoms with Gasteiger partial charge < -0.3 is 9.64 Å². The maximum Gasteiger partial charge on any atom is 0.270 e. The zero-order valence-corrected chi connectivity index (χ0v) is 13.4. The second-order valence-electron chi connectivity index (χ2n) is 5.46. The molecule has 0 aliphatic carbocycles. The monoisotopic (exact) mass is 332 g/mol. The molecular weight excluding hydrogens is 312 g/mol. The molecule has 1 heterocycles. The average molecular weight is 332 g/mol. The van der Waals surface area contributed by atoms with Gasteiger partial charge in [0.2, 0.25) is 0 Å². The Balaban J connectivity index is 2.05. The van der Waals surface area contributed by atoms with Gasteiger partial charge >= 0.3 is 0 Å². The molecule has 0 unspecified atom stereocenters. The van der Waals surface area contributed by atoms with Crippen molar-refractivity contribution >= 4 is 11.6 Å². The molecule has 1 aliphatic rings. The first-order chi connectivity index (χ1) is 11.6. The highest BCUT2D eigenvalue weighted by molar-refractivity contribution is 5.94. The Bertz CT molecular complexity index is 623. The highest BCUT2D eigenvalue weighted by Gasteiger charge is 2.19. The second kappa shape index (κ2) is 8.96. The lowest BCUT2D eigenvalue weighted by Gasteiger charge is -2.29. The summed E-state index contributed by atoms with van der Waals surface area (Å²) in [5.74, 6) is -0.290. The topological polar surface area (TPSA) is 99.7 Å². The van der Waals surface area contributed by atoms with Gasteiger partial charge in [-0.05, 0) is 6.07 Å². The maximum absolute atomic E-state index is 12.6. The SMILES string of the molecule is N#CCCN(CCN1CCOCC1)C(=O)c1cccc([N+](=O)[O-])c1. The molecule has 1 fully saturated rings. The molecule has 128 valence electrons. The molecule has 0 spiro atoms. The number of nitrogens with zero attached hydrogens (tertiary/aromatic N) is 4. The molecule has 8 nitrogen and oxygen atoms in total. The van der Waals surface area contributed by atoms with E-state index in [0.717, 1.165) is 13.1 Å². The fraction of sp³-hybridized carbons (Fsp3) is 0.500. The highest BCUT2D eigenvalue weighted by atomic mass is 16.6. The molecule has 0 bridgehead atoms. The minimum Gasteiger partial charge on any atom is -0.379 e. The fourth-order valence-corrected chi connectivity index (χ4v) is 2.52. The molecule has 0 aromatic heterocycles. The van der Waals surface area contributed by atoms with Gasteiger partial charge in [-0.1, -0.05) is 6.07 Å². The molecule has 8 heteroatoms. The van der Waals surface area contributed by atoms with Gasteiger partial charge in [-0.25, -0.2) is 0 Å². The first kappa shape index (κ1) is 17.8. The Morgan fingerprint density at radius 1 is 1.38 bits per heavy atom. The quantitative estimate of drug-likeness (QED) is 0.551. The number of rotatable bonds is 7. The summed E-state index contributed by atoms with van der Waals surface area (Å²) in [5.41, 5.74) is 0.151. The molecule has 0 radical (unpaired) electrons. The number of nitro benzene ring substituents is 1. The number of carbonyl (C=O) groups is 1. The Labute approximate surface area is 140 Å². The summed E-state index contributed by atoms with van der Waals surface area (Å²) >= 11 is 0. The number of nitro groups is 1. The second-order valence-corrected chi connectivity index (χ2v) is 5.46. The van der Waals surface area contributed by atoms with Crippen LogP contribution in [0.25, 0.3) is 0 Å². The molecule has 1 amide bonds. The third-order valence-corrected chi connectivity index (χ3v) is 3.87. The van der Waals surface area contributed by atoms with Crippen LogP contribution in [-0.4, -0.2) is 66.6 Å². The van der Waals surface area contributed by atoms with Crippen LogP contribution in [0.5, 0.6) is 0 Å². The lowest BCUT2D eigenvalue weighted by molar-refractivity contribution is -0.384. The van der Waals surface area contributed by atoms with Crippen LogP contribution >= 0.6 is 0 Å². The lowest BCUT2D eigenvalue weighted by Crippen LogP contribution is -2.43. The number of hydrogen-bond donors (Lipinski definition) is 0. The number of nitriles is 1. The Hall–Kier alpha value is -2.50. The standard InChI is InChI=1S/C16H20N4O4/c17-5-2-6-19(8-7-18-9-11-24-12-10-18)16(21)14-3-1-4-15(13-14)20(22)23/h1,3-4,13H,2,6-12H2. The van der Waals surface area contributed by atoms with Crippen molar-refractivity contribution in [1.82, 2.24) is 9.80 Å². The number of amides is 1. The number of morpholine rings is 1. The number of non-ortho nitro benzene ring substituents is 1. The van der Waals surface area contributed by atoms with E-state index in [1.807, 2.05) is 6.07 Å². The van der Waals surface area contributed by atoms with E-state index in [-0.39, 0.29) is 23.6 Å². The van der Waals surface area contributed by atoms with Gasteiger partial charge in [-0.2, -0.15) is 5.26 Å². The van der Waals surface area contributed by atoms with Crippen LogP contribution in [0.3, 0.4) is 0 Å². The maximum atomic E-state index is 12.6. The van der Waals surface area contributed by atoms with Crippen LogP contribution < -0.4 is 0 Å². The minimum atomic E-state index is -0.524. The third kappa shape index (κ3) is 5.01. The minimum absolute atomic E-state index is 0.116. The van der Waals surface area contributed by atoms with E-state index in [2.05, 4.69) is 4.90 Å². The summed E-state index contributed by atoms with van der Waals surface area (Å²) in [6, 6.07) is 7.72. The van der Waals surface area contributed by atoms with Crippen molar-refractivity contribution in [3.63, 3.8) is 0 Å². The van der Waals surface area contributed by atoms with Gasteiger partial charge in [-0.15, -0.1) is 0 Å². The van der Waals surface area contributed by atoms with Gasteiger partial charge in [0.15, 0.2) is 0 Å². The molecule has 0 N–H and O–H groups in total. The number of hydrogen-bond acceptors (Lipinski definition) is 6. The number of ether oxygens (including phenoxy) is 1. The van der Waals surface area contributed by atoms with Crippen LogP contribution in [0.4, 0.5) is 5.69 Å². The lowest BCUT2D eigenvalue weighted by atomic mass is 10.1. The van der Waals surface area contributed by atoms with Crippen LogP contribution in [-0.2, 0) is 4.74 Å². The molecule has 24 heavy (non-hydrogen) atoms. The first-order valence-electron chi connectivity index (χ1n) is 7.82. The summed E-state index contributed by atoms with van der Waals surface area (Å²) < 4.78 is 5.29. The van der Waals surface area contributed by atoms with Crippen molar-refractivity contribution in [2.75, 3.05) is 45.9 Å². The third-order valence-electron chi connectivity index (χ3n) is 3.87. The molecular formula is C16H20N4O4. The Morgan fingerprint density at radius 2 is 2.12 bits per heavy atom. The van der Waals surface area contributed by atoms with Crippen LogP contribution in [0, 0.1) is 21.4 Å². The van der Waals surface area contributed by atoms with Crippen LogP contribution in [0.15, 0.2) is 24.3 Å². The molecule has 2 rings (SSSR count). The fourth-order valence-electron chi connectivity index (χ4n) is 2.52. The van der Waals surface area contributed by atoms with E-state index in [0.29, 0.717) is 32.8 Å². The van der Waals surface area contributed by atoms with Crippen molar-refractivity contribution in [2.24, 2.45) is 0 Å². The Kier molecular flexibility index (Phi) is 6.66. The molecule has 1 aromatic carbocycles. The first-order valence-corrected chi connectivity index (χ1v) is 7.82. The summed E-state index contributed by atoms with van der Waals surface area (Å²) in [4.78, 5) is 26.8.